The molecule has 0 bridgehead atoms. The van der Waals surface area contributed by atoms with Crippen LogP contribution in [0.4, 0.5) is 0 Å². The van der Waals surface area contributed by atoms with Crippen molar-refractivity contribution >= 4 is 0 Å². The van der Waals surface area contributed by atoms with Gasteiger partial charge in [-0.15, -0.1) is 0 Å². The van der Waals surface area contributed by atoms with Crippen LogP contribution in [0.15, 0.2) is 16.7 Å². The predicted molar refractivity (Wildman–Crippen MR) is 65.9 cm³/mol. The minimum absolute atomic E-state index is 0.00192. The first-order valence-electron chi connectivity index (χ1n) is 6.43. The Morgan fingerprint density at radius 2 is 2.12 bits per heavy atom. The number of hydrogen-bond donors (Lipinski definition) is 1. The fourth-order valence-electron chi connectivity index (χ4n) is 3.64. The first-order valence-corrected chi connectivity index (χ1v) is 6.43. The molecule has 1 atom stereocenters. The van der Waals surface area contributed by atoms with Crippen LogP contribution < -0.4 is 5.32 Å². The molecule has 3 nitrogen and oxygen atoms in total. The van der Waals surface area contributed by atoms with E-state index in [9.17, 15) is 0 Å². The largest absolute Gasteiger partial charge is 0.469 e. The van der Waals surface area contributed by atoms with E-state index < -0.39 is 0 Å². The van der Waals surface area contributed by atoms with E-state index in [0.29, 0.717) is 11.5 Å². The molecule has 3 heteroatoms. The van der Waals surface area contributed by atoms with Crippen molar-refractivity contribution < 1.29 is 9.15 Å². The van der Waals surface area contributed by atoms with Crippen LogP contribution >= 0.6 is 0 Å². The predicted octanol–water partition coefficient (Wildman–Crippen LogP) is 2.81. The monoisotopic (exact) mass is 235 g/mol. The van der Waals surface area contributed by atoms with Gasteiger partial charge in [-0.25, -0.2) is 0 Å². The molecule has 0 aromatic carbocycles. The Labute approximate surface area is 103 Å². The molecule has 94 valence electrons. The van der Waals surface area contributed by atoms with Gasteiger partial charge in [-0.05, 0) is 31.2 Å². The van der Waals surface area contributed by atoms with Crippen LogP contribution in [0.3, 0.4) is 0 Å². The Balaban J connectivity index is 1.87. The number of hydrogen-bond acceptors (Lipinski definition) is 3. The molecule has 1 aromatic heterocycles. The minimum atomic E-state index is -0.00192. The number of ether oxygens (including phenoxy) is 1. The summed E-state index contributed by atoms with van der Waals surface area (Å²) < 4.78 is 11.5. The van der Waals surface area contributed by atoms with Gasteiger partial charge < -0.3 is 14.5 Å². The van der Waals surface area contributed by atoms with Gasteiger partial charge in [-0.3, -0.25) is 0 Å². The maximum atomic E-state index is 6.11. The van der Waals surface area contributed by atoms with E-state index in [1.54, 1.807) is 0 Å². The molecule has 3 rings (SSSR count). The average Bonchev–Trinajstić information content (AvgIpc) is 2.62. The number of rotatable bonds is 1. The van der Waals surface area contributed by atoms with Crippen molar-refractivity contribution in [2.45, 2.75) is 45.3 Å². The van der Waals surface area contributed by atoms with Crippen molar-refractivity contribution in [3.05, 3.63) is 23.7 Å². The van der Waals surface area contributed by atoms with Crippen molar-refractivity contribution in [2.75, 3.05) is 13.2 Å². The lowest BCUT2D eigenvalue weighted by atomic mass is 9.57. The Bertz CT molecular complexity index is 414. The second-order valence-electron chi connectivity index (χ2n) is 6.31. The van der Waals surface area contributed by atoms with Gasteiger partial charge in [0.1, 0.15) is 5.76 Å². The molecule has 0 radical (unpaired) electrons. The van der Waals surface area contributed by atoms with Crippen LogP contribution in [-0.4, -0.2) is 18.8 Å². The van der Waals surface area contributed by atoms with Crippen molar-refractivity contribution in [3.63, 3.8) is 0 Å². The van der Waals surface area contributed by atoms with Crippen LogP contribution in [0.2, 0.25) is 0 Å². The van der Waals surface area contributed by atoms with Gasteiger partial charge in [0.15, 0.2) is 0 Å². The van der Waals surface area contributed by atoms with Crippen molar-refractivity contribution in [2.24, 2.45) is 5.41 Å². The van der Waals surface area contributed by atoms with Gasteiger partial charge >= 0.3 is 0 Å². The van der Waals surface area contributed by atoms with Crippen LogP contribution in [0.1, 0.15) is 44.1 Å². The van der Waals surface area contributed by atoms with Crippen LogP contribution in [0.25, 0.3) is 0 Å². The van der Waals surface area contributed by atoms with Crippen molar-refractivity contribution in [3.8, 4) is 0 Å². The third-order valence-electron chi connectivity index (χ3n) is 4.01. The lowest BCUT2D eigenvalue weighted by Crippen LogP contribution is -2.61. The molecule has 17 heavy (non-hydrogen) atoms. The van der Waals surface area contributed by atoms with E-state index in [1.165, 1.54) is 5.56 Å². The molecule has 2 heterocycles. The smallest absolute Gasteiger partial charge is 0.101 e. The topological polar surface area (TPSA) is 34.4 Å². The summed E-state index contributed by atoms with van der Waals surface area (Å²) in [6, 6.07) is 2.42. The summed E-state index contributed by atoms with van der Waals surface area (Å²) in [5.41, 5.74) is 1.64. The molecule has 2 aliphatic rings. The molecule has 1 aromatic rings. The maximum Gasteiger partial charge on any atom is 0.101 e. The fourth-order valence-corrected chi connectivity index (χ4v) is 3.64. The standard InChI is InChI=1S/C14H21NO2/c1-10-6-11(7-16-10)12-14(17-5-4-15-12)8-13(2,3)9-14/h6-7,12,15H,4-5,8-9H2,1-3H3. The highest BCUT2D eigenvalue weighted by Crippen LogP contribution is 2.56. The first kappa shape index (κ1) is 11.3. The summed E-state index contributed by atoms with van der Waals surface area (Å²) in [5, 5.41) is 3.59. The molecule has 1 N–H and O–H groups in total. The summed E-state index contributed by atoms with van der Waals surface area (Å²) in [4.78, 5) is 0. The molecule has 1 unspecified atom stereocenters. The van der Waals surface area contributed by atoms with E-state index in [-0.39, 0.29) is 5.60 Å². The molecule has 1 saturated heterocycles. The van der Waals surface area contributed by atoms with E-state index in [2.05, 4.69) is 25.2 Å². The molecule has 1 aliphatic carbocycles. The SMILES string of the molecule is Cc1cc(C2NCCOC23CC(C)(C)C3)co1. The number of furan rings is 1. The summed E-state index contributed by atoms with van der Waals surface area (Å²) >= 11 is 0. The highest BCUT2D eigenvalue weighted by Gasteiger charge is 2.56. The number of aryl methyl sites for hydroxylation is 1. The normalized spacial score (nSPS) is 30.2. The van der Waals surface area contributed by atoms with Gasteiger partial charge in [0.2, 0.25) is 0 Å². The van der Waals surface area contributed by atoms with E-state index in [0.717, 1.165) is 31.8 Å². The molecule has 2 fully saturated rings. The highest BCUT2D eigenvalue weighted by atomic mass is 16.5. The Morgan fingerprint density at radius 1 is 1.35 bits per heavy atom. The van der Waals surface area contributed by atoms with Crippen LogP contribution in [-0.2, 0) is 4.74 Å². The third-order valence-corrected chi connectivity index (χ3v) is 4.01. The van der Waals surface area contributed by atoms with Gasteiger partial charge in [0, 0.05) is 12.1 Å². The van der Waals surface area contributed by atoms with Gasteiger partial charge in [-0.1, -0.05) is 13.8 Å². The minimum Gasteiger partial charge on any atom is -0.469 e. The number of nitrogens with one attached hydrogen (secondary N) is 1. The summed E-state index contributed by atoms with van der Waals surface area (Å²) in [5.74, 6) is 0.973. The molecule has 1 spiro atoms. The Morgan fingerprint density at radius 3 is 2.71 bits per heavy atom. The second kappa shape index (κ2) is 3.59. The van der Waals surface area contributed by atoms with Gasteiger partial charge in [-0.2, -0.15) is 0 Å². The molecular weight excluding hydrogens is 214 g/mol. The van der Waals surface area contributed by atoms with Crippen molar-refractivity contribution in [1.29, 1.82) is 0 Å². The van der Waals surface area contributed by atoms with E-state index in [4.69, 9.17) is 9.15 Å². The third kappa shape index (κ3) is 1.81. The fraction of sp³-hybridized carbons (Fsp3) is 0.714. The highest BCUT2D eigenvalue weighted by molar-refractivity contribution is 5.24. The average molecular weight is 235 g/mol. The maximum absolute atomic E-state index is 6.11. The van der Waals surface area contributed by atoms with Gasteiger partial charge in [0.25, 0.3) is 0 Å². The van der Waals surface area contributed by atoms with Crippen LogP contribution in [0, 0.1) is 12.3 Å². The first-order chi connectivity index (χ1) is 8.01. The summed E-state index contributed by atoms with van der Waals surface area (Å²) in [7, 11) is 0. The van der Waals surface area contributed by atoms with Crippen LogP contribution in [0.5, 0.6) is 0 Å². The molecule has 1 saturated carbocycles. The Hall–Kier alpha value is -0.800. The lowest BCUT2D eigenvalue weighted by molar-refractivity contribution is -0.195. The molecule has 0 amide bonds. The zero-order valence-electron chi connectivity index (χ0n) is 10.9. The summed E-state index contributed by atoms with van der Waals surface area (Å²) in [6.45, 7) is 8.37. The Kier molecular flexibility index (Phi) is 2.39. The van der Waals surface area contributed by atoms with E-state index >= 15 is 0 Å². The molecular formula is C14H21NO2. The lowest BCUT2D eigenvalue weighted by Gasteiger charge is -2.58. The quantitative estimate of drug-likeness (QED) is 0.812. The van der Waals surface area contributed by atoms with E-state index in [1.807, 2.05) is 13.2 Å². The number of morpholine rings is 1. The van der Waals surface area contributed by atoms with Gasteiger partial charge in [0.05, 0.1) is 24.5 Å². The zero-order valence-corrected chi connectivity index (χ0v) is 10.9. The van der Waals surface area contributed by atoms with Crippen molar-refractivity contribution in [1.82, 2.24) is 5.32 Å². The zero-order chi connectivity index (χ0) is 12.1. The summed E-state index contributed by atoms with van der Waals surface area (Å²) in [6.07, 6.45) is 4.12. The molecule has 1 aliphatic heterocycles. The second-order valence-corrected chi connectivity index (χ2v) is 6.31.